The van der Waals surface area contributed by atoms with Crippen molar-refractivity contribution in [2.75, 3.05) is 6.54 Å². The summed E-state index contributed by atoms with van der Waals surface area (Å²) in [6, 6.07) is 0.365. The number of hydrogen-bond donors (Lipinski definition) is 1. The van der Waals surface area contributed by atoms with Crippen molar-refractivity contribution in [2.24, 2.45) is 0 Å². The molecule has 0 aliphatic carbocycles. The first kappa shape index (κ1) is 13.1. The van der Waals surface area contributed by atoms with Gasteiger partial charge in [0.05, 0.1) is 23.6 Å². The van der Waals surface area contributed by atoms with Gasteiger partial charge in [0.1, 0.15) is 0 Å². The summed E-state index contributed by atoms with van der Waals surface area (Å²) in [5.74, 6) is 0. The summed E-state index contributed by atoms with van der Waals surface area (Å²) in [4.78, 5) is 8.76. The van der Waals surface area contributed by atoms with Crippen LogP contribution in [0.3, 0.4) is 0 Å². The van der Waals surface area contributed by atoms with Crippen molar-refractivity contribution in [2.45, 2.75) is 52.5 Å². The van der Waals surface area contributed by atoms with E-state index in [0.29, 0.717) is 6.04 Å². The van der Waals surface area contributed by atoms with Crippen molar-refractivity contribution in [3.05, 3.63) is 23.8 Å². The van der Waals surface area contributed by atoms with Crippen molar-refractivity contribution in [1.82, 2.24) is 15.3 Å². The van der Waals surface area contributed by atoms with Crippen LogP contribution >= 0.6 is 0 Å². The molecule has 1 rings (SSSR count). The fourth-order valence-corrected chi connectivity index (χ4v) is 1.78. The molecule has 0 amide bonds. The minimum absolute atomic E-state index is 0.365. The Kier molecular flexibility index (Phi) is 6.01. The minimum atomic E-state index is 0.365. The van der Waals surface area contributed by atoms with Crippen LogP contribution in [0.1, 0.15) is 57.0 Å². The predicted molar refractivity (Wildman–Crippen MR) is 67.3 cm³/mol. The van der Waals surface area contributed by atoms with Gasteiger partial charge in [-0.05, 0) is 19.9 Å². The highest BCUT2D eigenvalue weighted by molar-refractivity contribution is 5.05. The number of unbranched alkanes of at least 4 members (excludes halogenated alkanes) is 2. The highest BCUT2D eigenvalue weighted by Gasteiger charge is 2.11. The van der Waals surface area contributed by atoms with Crippen molar-refractivity contribution in [3.8, 4) is 0 Å². The molecule has 0 aliphatic rings. The fourth-order valence-electron chi connectivity index (χ4n) is 1.78. The molecule has 0 fully saturated rings. The highest BCUT2D eigenvalue weighted by atomic mass is 14.9. The maximum atomic E-state index is 4.45. The largest absolute Gasteiger partial charge is 0.309 e. The Balaban J connectivity index is 2.57. The van der Waals surface area contributed by atoms with E-state index in [4.69, 9.17) is 0 Å². The van der Waals surface area contributed by atoms with E-state index in [2.05, 4.69) is 29.1 Å². The molecule has 1 N–H and O–H groups in total. The number of rotatable bonds is 7. The Bertz CT molecular complexity index is 282. The van der Waals surface area contributed by atoms with E-state index >= 15 is 0 Å². The summed E-state index contributed by atoms with van der Waals surface area (Å²) in [5.41, 5.74) is 2.05. The van der Waals surface area contributed by atoms with Crippen LogP contribution in [-0.2, 0) is 0 Å². The molecular weight excluding hydrogens is 198 g/mol. The number of hydrogen-bond acceptors (Lipinski definition) is 3. The zero-order valence-electron chi connectivity index (χ0n) is 10.7. The van der Waals surface area contributed by atoms with Gasteiger partial charge in [-0.1, -0.05) is 33.1 Å². The molecule has 0 bridgehead atoms. The maximum absolute atomic E-state index is 4.45. The van der Waals surface area contributed by atoms with E-state index in [-0.39, 0.29) is 0 Å². The van der Waals surface area contributed by atoms with Gasteiger partial charge >= 0.3 is 0 Å². The number of aromatic nitrogens is 2. The Morgan fingerprint density at radius 3 is 2.56 bits per heavy atom. The standard InChI is InChI=1S/C13H23N3/c1-4-6-7-8-12(14-5-2)13-10-15-11(3)9-16-13/h9-10,12,14H,4-8H2,1-3H3. The summed E-state index contributed by atoms with van der Waals surface area (Å²) in [6.45, 7) is 7.31. The van der Waals surface area contributed by atoms with E-state index in [1.54, 1.807) is 0 Å². The first-order valence-electron chi connectivity index (χ1n) is 6.29. The first-order valence-corrected chi connectivity index (χ1v) is 6.29. The predicted octanol–water partition coefficient (Wildman–Crippen LogP) is 3.02. The summed E-state index contributed by atoms with van der Waals surface area (Å²) in [7, 11) is 0. The highest BCUT2D eigenvalue weighted by Crippen LogP contribution is 2.17. The molecule has 1 heterocycles. The zero-order valence-corrected chi connectivity index (χ0v) is 10.7. The lowest BCUT2D eigenvalue weighted by Gasteiger charge is -2.16. The molecule has 1 aromatic heterocycles. The van der Waals surface area contributed by atoms with Crippen molar-refractivity contribution < 1.29 is 0 Å². The van der Waals surface area contributed by atoms with Crippen LogP contribution in [0.2, 0.25) is 0 Å². The van der Waals surface area contributed by atoms with Gasteiger partial charge in [-0.3, -0.25) is 9.97 Å². The Labute approximate surface area is 98.7 Å². The van der Waals surface area contributed by atoms with Crippen LogP contribution in [0.25, 0.3) is 0 Å². The average Bonchev–Trinajstić information content (AvgIpc) is 2.29. The zero-order chi connectivity index (χ0) is 11.8. The topological polar surface area (TPSA) is 37.8 Å². The van der Waals surface area contributed by atoms with Crippen LogP contribution in [-0.4, -0.2) is 16.5 Å². The first-order chi connectivity index (χ1) is 7.77. The van der Waals surface area contributed by atoms with Gasteiger partial charge < -0.3 is 5.32 Å². The second-order valence-corrected chi connectivity index (χ2v) is 4.19. The van der Waals surface area contributed by atoms with Gasteiger partial charge in [-0.25, -0.2) is 0 Å². The Morgan fingerprint density at radius 2 is 2.00 bits per heavy atom. The molecule has 3 nitrogen and oxygen atoms in total. The lowest BCUT2D eigenvalue weighted by molar-refractivity contribution is 0.475. The number of nitrogens with one attached hydrogen (secondary N) is 1. The third-order valence-corrected chi connectivity index (χ3v) is 2.70. The molecule has 16 heavy (non-hydrogen) atoms. The monoisotopic (exact) mass is 221 g/mol. The smallest absolute Gasteiger partial charge is 0.0756 e. The number of aryl methyl sites for hydroxylation is 1. The third kappa shape index (κ3) is 4.27. The lowest BCUT2D eigenvalue weighted by Crippen LogP contribution is -2.22. The number of nitrogens with zero attached hydrogens (tertiary/aromatic N) is 2. The maximum Gasteiger partial charge on any atom is 0.0756 e. The average molecular weight is 221 g/mol. The molecule has 0 saturated heterocycles. The van der Waals surface area contributed by atoms with Gasteiger partial charge in [0.25, 0.3) is 0 Å². The van der Waals surface area contributed by atoms with E-state index in [1.165, 1.54) is 19.3 Å². The molecule has 0 saturated carbocycles. The van der Waals surface area contributed by atoms with Gasteiger partial charge in [0.2, 0.25) is 0 Å². The SMILES string of the molecule is CCCCCC(NCC)c1cnc(C)cn1. The van der Waals surface area contributed by atoms with Crippen molar-refractivity contribution >= 4 is 0 Å². The summed E-state index contributed by atoms with van der Waals surface area (Å²) in [5, 5.41) is 3.47. The van der Waals surface area contributed by atoms with Crippen LogP contribution in [0.15, 0.2) is 12.4 Å². The van der Waals surface area contributed by atoms with Crippen LogP contribution < -0.4 is 5.32 Å². The second kappa shape index (κ2) is 7.34. The van der Waals surface area contributed by atoms with Gasteiger partial charge in [0, 0.05) is 6.20 Å². The lowest BCUT2D eigenvalue weighted by atomic mass is 10.1. The summed E-state index contributed by atoms with van der Waals surface area (Å²) < 4.78 is 0. The van der Waals surface area contributed by atoms with Gasteiger partial charge in [-0.15, -0.1) is 0 Å². The molecule has 0 radical (unpaired) electrons. The normalized spacial score (nSPS) is 12.7. The molecule has 0 spiro atoms. The van der Waals surface area contributed by atoms with Crippen LogP contribution in [0, 0.1) is 6.92 Å². The molecule has 1 atom stereocenters. The van der Waals surface area contributed by atoms with Crippen molar-refractivity contribution in [1.29, 1.82) is 0 Å². The summed E-state index contributed by atoms with van der Waals surface area (Å²) in [6.07, 6.45) is 8.71. The third-order valence-electron chi connectivity index (χ3n) is 2.70. The van der Waals surface area contributed by atoms with Crippen LogP contribution in [0.5, 0.6) is 0 Å². The molecule has 1 unspecified atom stereocenters. The van der Waals surface area contributed by atoms with E-state index in [1.807, 2.05) is 19.3 Å². The molecule has 0 aliphatic heterocycles. The van der Waals surface area contributed by atoms with Gasteiger partial charge in [-0.2, -0.15) is 0 Å². The molecule has 0 aromatic carbocycles. The van der Waals surface area contributed by atoms with Gasteiger partial charge in [0.15, 0.2) is 0 Å². The molecule has 1 aromatic rings. The Hall–Kier alpha value is -0.960. The fraction of sp³-hybridized carbons (Fsp3) is 0.692. The Morgan fingerprint density at radius 1 is 1.19 bits per heavy atom. The van der Waals surface area contributed by atoms with Crippen molar-refractivity contribution in [3.63, 3.8) is 0 Å². The summed E-state index contributed by atoms with van der Waals surface area (Å²) >= 11 is 0. The van der Waals surface area contributed by atoms with E-state index in [9.17, 15) is 0 Å². The second-order valence-electron chi connectivity index (χ2n) is 4.19. The van der Waals surface area contributed by atoms with E-state index < -0.39 is 0 Å². The van der Waals surface area contributed by atoms with Crippen LogP contribution in [0.4, 0.5) is 0 Å². The molecule has 90 valence electrons. The minimum Gasteiger partial charge on any atom is -0.309 e. The molecular formula is C13H23N3. The quantitative estimate of drug-likeness (QED) is 0.719. The molecule has 3 heteroatoms. The van der Waals surface area contributed by atoms with E-state index in [0.717, 1.165) is 24.4 Å².